The SMILES string of the molecule is CCCCC(CC)COC(c1ccccc1Cl)C(C)N. The maximum Gasteiger partial charge on any atom is 0.0987 e. The fourth-order valence-electron chi connectivity index (χ4n) is 2.37. The molecule has 0 amide bonds. The lowest BCUT2D eigenvalue weighted by Gasteiger charge is -2.25. The van der Waals surface area contributed by atoms with Crippen LogP contribution in [0.5, 0.6) is 0 Å². The predicted molar refractivity (Wildman–Crippen MR) is 87.1 cm³/mol. The molecule has 1 aromatic rings. The summed E-state index contributed by atoms with van der Waals surface area (Å²) in [5.74, 6) is 0.610. The van der Waals surface area contributed by atoms with Crippen LogP contribution in [0, 0.1) is 5.92 Å². The van der Waals surface area contributed by atoms with E-state index in [0.717, 1.165) is 23.6 Å². The van der Waals surface area contributed by atoms with Crippen LogP contribution in [0.2, 0.25) is 5.02 Å². The fourth-order valence-corrected chi connectivity index (χ4v) is 2.61. The molecule has 0 aliphatic rings. The molecule has 0 saturated heterocycles. The van der Waals surface area contributed by atoms with Crippen molar-refractivity contribution in [3.63, 3.8) is 0 Å². The molecular weight excluding hydrogens is 270 g/mol. The van der Waals surface area contributed by atoms with Crippen molar-refractivity contribution in [3.8, 4) is 0 Å². The van der Waals surface area contributed by atoms with Gasteiger partial charge in [-0.15, -0.1) is 0 Å². The lowest BCUT2D eigenvalue weighted by Crippen LogP contribution is -2.28. The number of halogens is 1. The minimum absolute atomic E-state index is 0.0708. The molecule has 0 radical (unpaired) electrons. The maximum atomic E-state index is 6.26. The van der Waals surface area contributed by atoms with Crippen LogP contribution < -0.4 is 5.73 Å². The van der Waals surface area contributed by atoms with Gasteiger partial charge in [-0.2, -0.15) is 0 Å². The topological polar surface area (TPSA) is 35.2 Å². The monoisotopic (exact) mass is 297 g/mol. The molecule has 0 aliphatic carbocycles. The molecule has 1 rings (SSSR count). The molecule has 1 aromatic carbocycles. The minimum Gasteiger partial charge on any atom is -0.372 e. The van der Waals surface area contributed by atoms with Gasteiger partial charge in [-0.25, -0.2) is 0 Å². The van der Waals surface area contributed by atoms with Crippen molar-refractivity contribution in [2.45, 2.75) is 58.6 Å². The summed E-state index contributed by atoms with van der Waals surface area (Å²) in [5.41, 5.74) is 7.08. The van der Waals surface area contributed by atoms with E-state index < -0.39 is 0 Å². The standard InChI is InChI=1S/C17H28ClNO/c1-4-6-9-14(5-2)12-20-17(13(3)19)15-10-7-8-11-16(15)18/h7-8,10-11,13-14,17H,4-6,9,12,19H2,1-3H3. The average molecular weight is 298 g/mol. The quantitative estimate of drug-likeness (QED) is 0.699. The van der Waals surface area contributed by atoms with Crippen LogP contribution in [0.4, 0.5) is 0 Å². The highest BCUT2D eigenvalue weighted by molar-refractivity contribution is 6.31. The van der Waals surface area contributed by atoms with E-state index in [1.54, 1.807) is 0 Å². The summed E-state index contributed by atoms with van der Waals surface area (Å²) < 4.78 is 6.11. The molecule has 20 heavy (non-hydrogen) atoms. The first-order valence-electron chi connectivity index (χ1n) is 7.71. The van der Waals surface area contributed by atoms with Gasteiger partial charge in [-0.1, -0.05) is 62.9 Å². The van der Waals surface area contributed by atoms with Crippen LogP contribution in [-0.4, -0.2) is 12.6 Å². The van der Waals surface area contributed by atoms with Crippen LogP contribution in [0.25, 0.3) is 0 Å². The lowest BCUT2D eigenvalue weighted by atomic mass is 9.99. The zero-order valence-corrected chi connectivity index (χ0v) is 13.7. The molecule has 0 bridgehead atoms. The Hall–Kier alpha value is -0.570. The number of unbranched alkanes of at least 4 members (excludes halogenated alkanes) is 1. The van der Waals surface area contributed by atoms with Crippen molar-refractivity contribution in [2.75, 3.05) is 6.61 Å². The summed E-state index contributed by atoms with van der Waals surface area (Å²) in [6.45, 7) is 7.18. The van der Waals surface area contributed by atoms with Crippen LogP contribution in [-0.2, 0) is 4.74 Å². The molecular formula is C17H28ClNO. The molecule has 114 valence electrons. The third-order valence-electron chi connectivity index (χ3n) is 3.74. The summed E-state index contributed by atoms with van der Waals surface area (Å²) in [6, 6.07) is 7.74. The van der Waals surface area contributed by atoms with Crippen molar-refractivity contribution in [2.24, 2.45) is 11.7 Å². The van der Waals surface area contributed by atoms with E-state index in [4.69, 9.17) is 22.1 Å². The van der Waals surface area contributed by atoms with Crippen molar-refractivity contribution in [1.29, 1.82) is 0 Å². The highest BCUT2D eigenvalue weighted by Gasteiger charge is 2.20. The molecule has 0 heterocycles. The highest BCUT2D eigenvalue weighted by atomic mass is 35.5. The van der Waals surface area contributed by atoms with Gasteiger partial charge >= 0.3 is 0 Å². The molecule has 0 spiro atoms. The number of benzene rings is 1. The Morgan fingerprint density at radius 1 is 1.25 bits per heavy atom. The second-order valence-electron chi connectivity index (χ2n) is 5.55. The lowest BCUT2D eigenvalue weighted by molar-refractivity contribution is 0.0128. The van der Waals surface area contributed by atoms with Gasteiger partial charge < -0.3 is 10.5 Å². The zero-order valence-electron chi connectivity index (χ0n) is 12.9. The summed E-state index contributed by atoms with van der Waals surface area (Å²) in [6.07, 6.45) is 4.74. The summed E-state index contributed by atoms with van der Waals surface area (Å²) in [7, 11) is 0. The van der Waals surface area contributed by atoms with E-state index in [1.165, 1.54) is 19.3 Å². The molecule has 0 aliphatic heterocycles. The largest absolute Gasteiger partial charge is 0.372 e. The highest BCUT2D eigenvalue weighted by Crippen LogP contribution is 2.28. The van der Waals surface area contributed by atoms with Gasteiger partial charge in [-0.05, 0) is 25.3 Å². The maximum absolute atomic E-state index is 6.26. The third kappa shape index (κ3) is 5.43. The molecule has 2 N–H and O–H groups in total. The van der Waals surface area contributed by atoms with Crippen molar-refractivity contribution in [1.82, 2.24) is 0 Å². The number of hydrogen-bond donors (Lipinski definition) is 1. The van der Waals surface area contributed by atoms with Crippen LogP contribution >= 0.6 is 11.6 Å². The predicted octanol–water partition coefficient (Wildman–Crippen LogP) is 4.96. The number of hydrogen-bond acceptors (Lipinski definition) is 2. The van der Waals surface area contributed by atoms with Crippen molar-refractivity contribution >= 4 is 11.6 Å². The van der Waals surface area contributed by atoms with E-state index in [0.29, 0.717) is 5.92 Å². The van der Waals surface area contributed by atoms with Gasteiger partial charge in [0.1, 0.15) is 0 Å². The van der Waals surface area contributed by atoms with Gasteiger partial charge in [0.2, 0.25) is 0 Å². The van der Waals surface area contributed by atoms with Gasteiger partial charge in [-0.3, -0.25) is 0 Å². The van der Waals surface area contributed by atoms with E-state index in [1.807, 2.05) is 31.2 Å². The van der Waals surface area contributed by atoms with E-state index in [2.05, 4.69) is 13.8 Å². The van der Waals surface area contributed by atoms with Crippen LogP contribution in [0.1, 0.15) is 58.1 Å². The fraction of sp³-hybridized carbons (Fsp3) is 0.647. The molecule has 3 unspecified atom stereocenters. The normalized spacial score (nSPS) is 15.8. The second kappa shape index (κ2) is 9.38. The van der Waals surface area contributed by atoms with Crippen LogP contribution in [0.3, 0.4) is 0 Å². The summed E-state index contributed by atoms with van der Waals surface area (Å²) in [4.78, 5) is 0. The minimum atomic E-state index is -0.126. The number of nitrogens with two attached hydrogens (primary N) is 1. The van der Waals surface area contributed by atoms with Crippen molar-refractivity contribution in [3.05, 3.63) is 34.9 Å². The second-order valence-corrected chi connectivity index (χ2v) is 5.96. The van der Waals surface area contributed by atoms with Crippen molar-refractivity contribution < 1.29 is 4.74 Å². The van der Waals surface area contributed by atoms with Gasteiger partial charge in [0.25, 0.3) is 0 Å². The Labute approximate surface area is 128 Å². The molecule has 0 fully saturated rings. The smallest absolute Gasteiger partial charge is 0.0987 e. The van der Waals surface area contributed by atoms with E-state index >= 15 is 0 Å². The molecule has 3 heteroatoms. The Morgan fingerprint density at radius 3 is 2.50 bits per heavy atom. The third-order valence-corrected chi connectivity index (χ3v) is 4.09. The summed E-state index contributed by atoms with van der Waals surface area (Å²) >= 11 is 6.26. The average Bonchev–Trinajstić information content (AvgIpc) is 2.44. The molecule has 0 saturated carbocycles. The number of ether oxygens (including phenoxy) is 1. The first-order chi connectivity index (χ1) is 9.60. The number of rotatable bonds is 9. The Morgan fingerprint density at radius 2 is 1.95 bits per heavy atom. The van der Waals surface area contributed by atoms with Gasteiger partial charge in [0.05, 0.1) is 12.7 Å². The van der Waals surface area contributed by atoms with E-state index in [9.17, 15) is 0 Å². The Balaban J connectivity index is 2.66. The Bertz CT molecular complexity index is 381. The van der Waals surface area contributed by atoms with Crippen LogP contribution in [0.15, 0.2) is 24.3 Å². The first-order valence-corrected chi connectivity index (χ1v) is 8.09. The van der Waals surface area contributed by atoms with Gasteiger partial charge in [0, 0.05) is 16.6 Å². The molecule has 0 aromatic heterocycles. The molecule has 3 atom stereocenters. The Kier molecular flexibility index (Phi) is 8.20. The zero-order chi connectivity index (χ0) is 15.0. The van der Waals surface area contributed by atoms with E-state index in [-0.39, 0.29) is 12.1 Å². The first kappa shape index (κ1) is 17.5. The van der Waals surface area contributed by atoms with Gasteiger partial charge in [0.15, 0.2) is 0 Å². The molecule has 2 nitrogen and oxygen atoms in total. The summed E-state index contributed by atoms with van der Waals surface area (Å²) in [5, 5.41) is 0.733.